The summed E-state index contributed by atoms with van der Waals surface area (Å²) in [6.45, 7) is 3.97. The number of benzene rings is 1. The lowest BCUT2D eigenvalue weighted by atomic mass is 10.1. The van der Waals surface area contributed by atoms with Crippen molar-refractivity contribution in [3.63, 3.8) is 0 Å². The van der Waals surface area contributed by atoms with E-state index in [9.17, 15) is 8.42 Å². The quantitative estimate of drug-likeness (QED) is 0.779. The van der Waals surface area contributed by atoms with E-state index < -0.39 is 10.1 Å². The van der Waals surface area contributed by atoms with Gasteiger partial charge in [-0.1, -0.05) is 31.0 Å². The van der Waals surface area contributed by atoms with Gasteiger partial charge in [-0.3, -0.25) is 4.18 Å². The van der Waals surface area contributed by atoms with E-state index in [1.54, 1.807) is 24.3 Å². The van der Waals surface area contributed by atoms with Crippen molar-refractivity contribution in [2.45, 2.75) is 44.1 Å². The first-order valence-electron chi connectivity index (χ1n) is 5.99. The molecule has 3 nitrogen and oxygen atoms in total. The van der Waals surface area contributed by atoms with E-state index >= 15 is 0 Å². The SMILES string of the molecule is Cc1ccc(S(=O)(=O)O[C@H]2CCC[C@H]2C)cc1. The van der Waals surface area contributed by atoms with E-state index in [0.717, 1.165) is 24.8 Å². The maximum atomic E-state index is 12.0. The van der Waals surface area contributed by atoms with Crippen molar-refractivity contribution < 1.29 is 12.6 Å². The van der Waals surface area contributed by atoms with Crippen LogP contribution in [0.3, 0.4) is 0 Å². The molecule has 0 spiro atoms. The molecule has 1 fully saturated rings. The van der Waals surface area contributed by atoms with E-state index in [0.29, 0.717) is 5.92 Å². The van der Waals surface area contributed by atoms with Gasteiger partial charge in [-0.2, -0.15) is 8.42 Å². The molecule has 0 N–H and O–H groups in total. The third-order valence-electron chi connectivity index (χ3n) is 3.34. The Kier molecular flexibility index (Phi) is 3.54. The maximum absolute atomic E-state index is 12.0. The first-order valence-corrected chi connectivity index (χ1v) is 7.40. The van der Waals surface area contributed by atoms with Gasteiger partial charge in [0.25, 0.3) is 10.1 Å². The molecule has 4 heteroatoms. The molecule has 1 aromatic rings. The molecule has 1 aliphatic rings. The van der Waals surface area contributed by atoms with Crippen molar-refractivity contribution in [2.75, 3.05) is 0 Å². The minimum Gasteiger partial charge on any atom is -0.263 e. The van der Waals surface area contributed by atoms with Gasteiger partial charge in [0.2, 0.25) is 0 Å². The first-order chi connectivity index (χ1) is 7.99. The summed E-state index contributed by atoms with van der Waals surface area (Å²) in [5.74, 6) is 0.329. The summed E-state index contributed by atoms with van der Waals surface area (Å²) in [6, 6.07) is 6.78. The van der Waals surface area contributed by atoms with Crippen LogP contribution in [0, 0.1) is 12.8 Å². The molecule has 0 radical (unpaired) electrons. The number of hydrogen-bond donors (Lipinski definition) is 0. The fourth-order valence-electron chi connectivity index (χ4n) is 2.18. The summed E-state index contributed by atoms with van der Waals surface area (Å²) >= 11 is 0. The van der Waals surface area contributed by atoms with Crippen LogP contribution in [0.25, 0.3) is 0 Å². The average molecular weight is 254 g/mol. The highest BCUT2D eigenvalue weighted by molar-refractivity contribution is 7.86. The van der Waals surface area contributed by atoms with Crippen LogP contribution in [0.2, 0.25) is 0 Å². The van der Waals surface area contributed by atoms with Gasteiger partial charge >= 0.3 is 0 Å². The fraction of sp³-hybridized carbons (Fsp3) is 0.538. The van der Waals surface area contributed by atoms with E-state index in [-0.39, 0.29) is 11.0 Å². The molecule has 0 amide bonds. The van der Waals surface area contributed by atoms with Crippen molar-refractivity contribution in [3.8, 4) is 0 Å². The van der Waals surface area contributed by atoms with Gasteiger partial charge in [-0.15, -0.1) is 0 Å². The Bertz CT molecular complexity index is 476. The molecular formula is C13H18O3S. The summed E-state index contributed by atoms with van der Waals surface area (Å²) in [6.07, 6.45) is 2.79. The Morgan fingerprint density at radius 2 is 1.82 bits per heavy atom. The Balaban J connectivity index is 2.16. The zero-order chi connectivity index (χ0) is 12.5. The van der Waals surface area contributed by atoms with Crippen LogP contribution in [0.15, 0.2) is 29.2 Å². The van der Waals surface area contributed by atoms with Crippen molar-refractivity contribution in [2.24, 2.45) is 5.92 Å². The maximum Gasteiger partial charge on any atom is 0.297 e. The predicted octanol–water partition coefficient (Wildman–Crippen LogP) is 2.89. The number of rotatable bonds is 3. The van der Waals surface area contributed by atoms with Gasteiger partial charge in [-0.25, -0.2) is 0 Å². The van der Waals surface area contributed by atoms with Gasteiger partial charge in [0.15, 0.2) is 0 Å². The van der Waals surface area contributed by atoms with Crippen LogP contribution < -0.4 is 0 Å². The molecule has 0 bridgehead atoms. The Morgan fingerprint density at radius 1 is 1.18 bits per heavy atom. The summed E-state index contributed by atoms with van der Waals surface area (Å²) < 4.78 is 29.4. The molecular weight excluding hydrogens is 236 g/mol. The van der Waals surface area contributed by atoms with Crippen molar-refractivity contribution in [1.82, 2.24) is 0 Å². The van der Waals surface area contributed by atoms with Gasteiger partial charge in [-0.05, 0) is 37.8 Å². The summed E-state index contributed by atoms with van der Waals surface area (Å²) in [5, 5.41) is 0. The third kappa shape index (κ3) is 2.87. The van der Waals surface area contributed by atoms with Crippen LogP contribution >= 0.6 is 0 Å². The van der Waals surface area contributed by atoms with Crippen LogP contribution in [0.1, 0.15) is 31.7 Å². The molecule has 0 saturated heterocycles. The third-order valence-corrected chi connectivity index (χ3v) is 4.69. The summed E-state index contributed by atoms with van der Waals surface area (Å²) in [5.41, 5.74) is 1.04. The fourth-order valence-corrected chi connectivity index (χ4v) is 3.37. The average Bonchev–Trinajstić information content (AvgIpc) is 2.64. The van der Waals surface area contributed by atoms with Crippen LogP contribution in [0.4, 0.5) is 0 Å². The largest absolute Gasteiger partial charge is 0.297 e. The highest BCUT2D eigenvalue weighted by atomic mass is 32.2. The predicted molar refractivity (Wildman–Crippen MR) is 66.3 cm³/mol. The Morgan fingerprint density at radius 3 is 2.35 bits per heavy atom. The van der Waals surface area contributed by atoms with Crippen LogP contribution in [0.5, 0.6) is 0 Å². The molecule has 1 aliphatic carbocycles. The highest BCUT2D eigenvalue weighted by Crippen LogP contribution is 2.30. The minimum atomic E-state index is -3.59. The molecule has 1 saturated carbocycles. The number of hydrogen-bond acceptors (Lipinski definition) is 3. The monoisotopic (exact) mass is 254 g/mol. The van der Waals surface area contributed by atoms with E-state index in [1.807, 2.05) is 13.8 Å². The molecule has 0 unspecified atom stereocenters. The second-order valence-electron chi connectivity index (χ2n) is 4.81. The van der Waals surface area contributed by atoms with Crippen LogP contribution in [-0.4, -0.2) is 14.5 Å². The molecule has 0 aromatic heterocycles. The lowest BCUT2D eigenvalue weighted by molar-refractivity contribution is 0.175. The normalized spacial score (nSPS) is 25.1. The van der Waals surface area contributed by atoms with Gasteiger partial charge in [0, 0.05) is 0 Å². The number of aryl methyl sites for hydroxylation is 1. The van der Waals surface area contributed by atoms with E-state index in [1.165, 1.54) is 0 Å². The highest BCUT2D eigenvalue weighted by Gasteiger charge is 2.29. The zero-order valence-electron chi connectivity index (χ0n) is 10.2. The van der Waals surface area contributed by atoms with Crippen LogP contribution in [-0.2, 0) is 14.3 Å². The van der Waals surface area contributed by atoms with E-state index in [2.05, 4.69) is 0 Å². The minimum absolute atomic E-state index is 0.152. The Labute approximate surface area is 103 Å². The molecule has 0 aliphatic heterocycles. The summed E-state index contributed by atoms with van der Waals surface area (Å²) in [7, 11) is -3.59. The standard InChI is InChI=1S/C13H18O3S/c1-10-6-8-12(9-7-10)17(14,15)16-13-5-3-4-11(13)2/h6-9,11,13H,3-5H2,1-2H3/t11-,13+/m1/s1. The van der Waals surface area contributed by atoms with Gasteiger partial charge < -0.3 is 0 Å². The smallest absolute Gasteiger partial charge is 0.263 e. The van der Waals surface area contributed by atoms with Crippen molar-refractivity contribution >= 4 is 10.1 Å². The van der Waals surface area contributed by atoms with Gasteiger partial charge in [0.1, 0.15) is 0 Å². The zero-order valence-corrected chi connectivity index (χ0v) is 11.0. The molecule has 2 rings (SSSR count). The molecule has 2 atom stereocenters. The lowest BCUT2D eigenvalue weighted by Gasteiger charge is -2.16. The Hall–Kier alpha value is -0.870. The second-order valence-corrected chi connectivity index (χ2v) is 6.38. The lowest BCUT2D eigenvalue weighted by Crippen LogP contribution is -2.20. The molecule has 94 valence electrons. The van der Waals surface area contributed by atoms with Crippen molar-refractivity contribution in [1.29, 1.82) is 0 Å². The van der Waals surface area contributed by atoms with Crippen molar-refractivity contribution in [3.05, 3.63) is 29.8 Å². The molecule has 17 heavy (non-hydrogen) atoms. The topological polar surface area (TPSA) is 43.4 Å². The summed E-state index contributed by atoms with van der Waals surface area (Å²) in [4.78, 5) is 0.252. The van der Waals surface area contributed by atoms with Gasteiger partial charge in [0.05, 0.1) is 11.0 Å². The molecule has 0 heterocycles. The first kappa shape index (κ1) is 12.6. The molecule has 1 aromatic carbocycles. The van der Waals surface area contributed by atoms with E-state index in [4.69, 9.17) is 4.18 Å². The second kappa shape index (κ2) is 4.78.